The van der Waals surface area contributed by atoms with Crippen LogP contribution < -0.4 is 11.1 Å². The largest absolute Gasteiger partial charge is 0.349 e. The van der Waals surface area contributed by atoms with Gasteiger partial charge in [0.2, 0.25) is 5.91 Å². The number of halogens is 2. The second-order valence-corrected chi connectivity index (χ2v) is 4.51. The number of carbonyl (C=O) groups excluding carboxylic acids is 1. The van der Waals surface area contributed by atoms with Crippen LogP contribution in [0.1, 0.15) is 40.0 Å². The molecule has 0 rings (SSSR count). The highest BCUT2D eigenvalue weighted by Gasteiger charge is 2.27. The van der Waals surface area contributed by atoms with Crippen LogP contribution in [0, 0.1) is 5.92 Å². The number of hydrogen-bond donors (Lipinski definition) is 2. The van der Waals surface area contributed by atoms with Gasteiger partial charge in [-0.15, -0.1) is 31.4 Å². The van der Waals surface area contributed by atoms with Gasteiger partial charge in [-0.1, -0.05) is 19.9 Å². The molecule has 1 amide bonds. The molecule has 5 heteroatoms. The summed E-state index contributed by atoms with van der Waals surface area (Å²) >= 11 is 0. The minimum atomic E-state index is -0.286. The molecule has 0 aromatic heterocycles. The van der Waals surface area contributed by atoms with E-state index in [4.69, 9.17) is 5.73 Å². The van der Waals surface area contributed by atoms with E-state index in [1.54, 1.807) is 0 Å². The van der Waals surface area contributed by atoms with Crippen molar-refractivity contribution in [2.45, 2.75) is 45.6 Å². The van der Waals surface area contributed by atoms with Crippen LogP contribution in [0.15, 0.2) is 12.7 Å². The van der Waals surface area contributed by atoms with Crippen LogP contribution >= 0.6 is 24.8 Å². The third-order valence-electron chi connectivity index (χ3n) is 2.94. The first-order chi connectivity index (χ1) is 6.96. The Bertz CT molecular complexity index is 223. The van der Waals surface area contributed by atoms with Gasteiger partial charge in [-0.3, -0.25) is 4.79 Å². The monoisotopic (exact) mass is 284 g/mol. The molecule has 17 heavy (non-hydrogen) atoms. The van der Waals surface area contributed by atoms with Crippen LogP contribution in [-0.4, -0.2) is 18.0 Å². The second kappa shape index (κ2) is 10.9. The lowest BCUT2D eigenvalue weighted by molar-refractivity contribution is -0.123. The van der Waals surface area contributed by atoms with Crippen molar-refractivity contribution < 1.29 is 4.79 Å². The third-order valence-corrected chi connectivity index (χ3v) is 2.94. The molecule has 0 heterocycles. The van der Waals surface area contributed by atoms with Crippen molar-refractivity contribution in [2.24, 2.45) is 11.7 Å². The fourth-order valence-corrected chi connectivity index (χ4v) is 1.22. The van der Waals surface area contributed by atoms with Crippen LogP contribution in [0.4, 0.5) is 0 Å². The first-order valence-electron chi connectivity index (χ1n) is 5.58. The Hall–Kier alpha value is -0.250. The van der Waals surface area contributed by atoms with Gasteiger partial charge in [-0.05, 0) is 25.7 Å². The van der Waals surface area contributed by atoms with E-state index in [2.05, 4.69) is 25.7 Å². The average molecular weight is 285 g/mol. The highest BCUT2D eigenvalue weighted by Crippen LogP contribution is 2.15. The van der Waals surface area contributed by atoms with Gasteiger partial charge >= 0.3 is 0 Å². The molecule has 0 saturated carbocycles. The average Bonchev–Trinajstić information content (AvgIpc) is 2.17. The van der Waals surface area contributed by atoms with Crippen LogP contribution in [0.5, 0.6) is 0 Å². The normalized spacial score (nSPS) is 13.0. The summed E-state index contributed by atoms with van der Waals surface area (Å²) in [4.78, 5) is 11.6. The number of carbonyl (C=O) groups is 1. The first-order valence-corrected chi connectivity index (χ1v) is 5.58. The summed E-state index contributed by atoms with van der Waals surface area (Å²) in [6, 6.07) is 0. The van der Waals surface area contributed by atoms with Crippen molar-refractivity contribution in [3.05, 3.63) is 12.7 Å². The summed E-state index contributed by atoms with van der Waals surface area (Å²) in [5, 5.41) is 3.00. The number of hydrogen-bond acceptors (Lipinski definition) is 2. The van der Waals surface area contributed by atoms with E-state index < -0.39 is 0 Å². The quantitative estimate of drug-likeness (QED) is 0.558. The van der Waals surface area contributed by atoms with Crippen LogP contribution in [0.25, 0.3) is 0 Å². The zero-order valence-electron chi connectivity index (χ0n) is 11.0. The van der Waals surface area contributed by atoms with E-state index in [1.807, 2.05) is 13.0 Å². The molecule has 0 aromatic rings. The predicted molar refractivity (Wildman–Crippen MR) is 79.0 cm³/mol. The molecule has 1 unspecified atom stereocenters. The van der Waals surface area contributed by atoms with E-state index >= 15 is 0 Å². The lowest BCUT2D eigenvalue weighted by atomic mass is 9.88. The maximum Gasteiger partial charge on any atom is 0.220 e. The molecule has 0 aliphatic rings. The van der Waals surface area contributed by atoms with Crippen molar-refractivity contribution >= 4 is 30.7 Å². The zero-order valence-corrected chi connectivity index (χ0v) is 12.6. The van der Waals surface area contributed by atoms with Gasteiger partial charge in [-0.25, -0.2) is 0 Å². The molecule has 3 N–H and O–H groups in total. The SMILES string of the molecule is C=CCCCC(=O)NC(C)(CN)C(C)C.Cl.Cl. The number of amides is 1. The minimum absolute atomic E-state index is 0. The Morgan fingerprint density at radius 3 is 2.35 bits per heavy atom. The van der Waals surface area contributed by atoms with Crippen LogP contribution in [-0.2, 0) is 4.79 Å². The number of rotatable bonds is 7. The molecule has 1 atom stereocenters. The van der Waals surface area contributed by atoms with Gasteiger partial charge in [-0.2, -0.15) is 0 Å². The van der Waals surface area contributed by atoms with Gasteiger partial charge in [0.05, 0.1) is 5.54 Å². The summed E-state index contributed by atoms with van der Waals surface area (Å²) in [7, 11) is 0. The van der Waals surface area contributed by atoms with Gasteiger partial charge in [0, 0.05) is 13.0 Å². The standard InChI is InChI=1S/C12H24N2O.2ClH/c1-5-6-7-8-11(15)14-12(4,9-13)10(2)3;;/h5,10H,1,6-9,13H2,2-4H3,(H,14,15);2*1H. The molecule has 0 fully saturated rings. The van der Waals surface area contributed by atoms with Crippen molar-refractivity contribution in [1.29, 1.82) is 0 Å². The van der Waals surface area contributed by atoms with E-state index in [1.165, 1.54) is 0 Å². The number of nitrogens with one attached hydrogen (secondary N) is 1. The van der Waals surface area contributed by atoms with Gasteiger partial charge < -0.3 is 11.1 Å². The summed E-state index contributed by atoms with van der Waals surface area (Å²) in [5.41, 5.74) is 5.39. The lowest BCUT2D eigenvalue weighted by Gasteiger charge is -2.33. The Kier molecular flexibility index (Phi) is 14.1. The molecule has 0 aliphatic carbocycles. The smallest absolute Gasteiger partial charge is 0.220 e. The van der Waals surface area contributed by atoms with Gasteiger partial charge in [0.1, 0.15) is 0 Å². The maximum absolute atomic E-state index is 11.6. The Morgan fingerprint density at radius 2 is 2.00 bits per heavy atom. The minimum Gasteiger partial charge on any atom is -0.349 e. The third kappa shape index (κ3) is 8.47. The Labute approximate surface area is 117 Å². The number of unbranched alkanes of at least 4 members (excludes halogenated alkanes) is 1. The molecule has 3 nitrogen and oxygen atoms in total. The first kappa shape index (κ1) is 22.0. The number of allylic oxidation sites excluding steroid dienone is 1. The summed E-state index contributed by atoms with van der Waals surface area (Å²) < 4.78 is 0. The molecule has 0 aliphatic heterocycles. The molecule has 0 radical (unpaired) electrons. The molecule has 0 bridgehead atoms. The molecule has 0 saturated heterocycles. The summed E-state index contributed by atoms with van der Waals surface area (Å²) in [5.74, 6) is 0.421. The summed E-state index contributed by atoms with van der Waals surface area (Å²) in [6.07, 6.45) is 4.12. The Balaban J connectivity index is -0.000000980. The number of nitrogens with two attached hydrogens (primary N) is 1. The predicted octanol–water partition coefficient (Wildman–Crippen LogP) is 2.68. The van der Waals surface area contributed by atoms with E-state index in [0.29, 0.717) is 18.9 Å². The maximum atomic E-state index is 11.6. The van der Waals surface area contributed by atoms with Crippen LogP contribution in [0.2, 0.25) is 0 Å². The lowest BCUT2D eigenvalue weighted by Crippen LogP contribution is -2.54. The zero-order chi connectivity index (χ0) is 11.9. The van der Waals surface area contributed by atoms with E-state index in [-0.39, 0.29) is 36.3 Å². The van der Waals surface area contributed by atoms with Crippen molar-refractivity contribution in [1.82, 2.24) is 5.32 Å². The molecule has 104 valence electrons. The van der Waals surface area contributed by atoms with E-state index in [0.717, 1.165) is 12.8 Å². The summed E-state index contributed by atoms with van der Waals surface area (Å²) in [6.45, 7) is 10.2. The van der Waals surface area contributed by atoms with E-state index in [9.17, 15) is 4.79 Å². The van der Waals surface area contributed by atoms with Crippen molar-refractivity contribution in [2.75, 3.05) is 6.54 Å². The van der Waals surface area contributed by atoms with Gasteiger partial charge in [0.15, 0.2) is 0 Å². The second-order valence-electron chi connectivity index (χ2n) is 4.51. The fraction of sp³-hybridized carbons (Fsp3) is 0.750. The molecular weight excluding hydrogens is 259 g/mol. The molecule has 0 spiro atoms. The van der Waals surface area contributed by atoms with Crippen LogP contribution in [0.3, 0.4) is 0 Å². The molecule has 0 aromatic carbocycles. The fourth-order valence-electron chi connectivity index (χ4n) is 1.22. The van der Waals surface area contributed by atoms with Crippen molar-refractivity contribution in [3.8, 4) is 0 Å². The highest BCUT2D eigenvalue weighted by molar-refractivity contribution is 5.85. The topological polar surface area (TPSA) is 55.1 Å². The van der Waals surface area contributed by atoms with Gasteiger partial charge in [0.25, 0.3) is 0 Å². The highest BCUT2D eigenvalue weighted by atomic mass is 35.5. The van der Waals surface area contributed by atoms with Crippen molar-refractivity contribution in [3.63, 3.8) is 0 Å². The molecular formula is C12H26Cl2N2O. The Morgan fingerprint density at radius 1 is 1.47 bits per heavy atom.